The first-order valence-electron chi connectivity index (χ1n) is 7.45. The monoisotopic (exact) mass is 376 g/mol. The van der Waals surface area contributed by atoms with Gasteiger partial charge in [0.15, 0.2) is 9.77 Å². The second-order valence-electron chi connectivity index (χ2n) is 5.37. The molecule has 1 aromatic heterocycles. The van der Waals surface area contributed by atoms with Crippen LogP contribution in [-0.2, 0) is 0 Å². The van der Waals surface area contributed by atoms with Gasteiger partial charge in [-0.25, -0.2) is 8.78 Å². The van der Waals surface area contributed by atoms with Gasteiger partial charge in [0, 0.05) is 6.07 Å². The van der Waals surface area contributed by atoms with Crippen molar-refractivity contribution >= 4 is 35.5 Å². The molecule has 1 heterocycles. The molecule has 3 nitrogen and oxygen atoms in total. The molecule has 2 aromatic carbocycles. The van der Waals surface area contributed by atoms with Crippen LogP contribution in [0.3, 0.4) is 0 Å². The van der Waals surface area contributed by atoms with Crippen molar-refractivity contribution in [1.82, 2.24) is 4.57 Å². The smallest absolute Gasteiger partial charge is 0.212 e. The molecule has 0 fully saturated rings. The summed E-state index contributed by atoms with van der Waals surface area (Å²) >= 11 is 6.52. The van der Waals surface area contributed by atoms with Gasteiger partial charge < -0.3 is 5.11 Å². The summed E-state index contributed by atoms with van der Waals surface area (Å²) in [6.07, 6.45) is 1.33. The van der Waals surface area contributed by atoms with Crippen molar-refractivity contribution in [3.63, 3.8) is 0 Å². The van der Waals surface area contributed by atoms with Crippen molar-refractivity contribution in [2.75, 3.05) is 0 Å². The third-order valence-corrected chi connectivity index (χ3v) is 5.07. The predicted octanol–water partition coefficient (Wildman–Crippen LogP) is 5.62. The van der Waals surface area contributed by atoms with Crippen LogP contribution in [0.5, 0.6) is 5.88 Å². The van der Waals surface area contributed by atoms with Gasteiger partial charge in [0.25, 0.3) is 0 Å². The normalized spacial score (nSPS) is 12.6. The Morgan fingerprint density at radius 1 is 1.20 bits per heavy atom. The Morgan fingerprint density at radius 2 is 1.92 bits per heavy atom. The van der Waals surface area contributed by atoms with E-state index in [1.54, 1.807) is 4.57 Å². The lowest BCUT2D eigenvalue weighted by Gasteiger charge is -2.14. The summed E-state index contributed by atoms with van der Waals surface area (Å²) < 4.78 is 28.7. The van der Waals surface area contributed by atoms with Gasteiger partial charge in [-0.2, -0.15) is 0 Å². The van der Waals surface area contributed by atoms with Crippen LogP contribution in [0.1, 0.15) is 23.4 Å². The summed E-state index contributed by atoms with van der Waals surface area (Å²) in [5, 5.41) is 10.5. The molecule has 1 atom stereocenters. The molecule has 0 saturated heterocycles. The second kappa shape index (κ2) is 7.25. The Balaban J connectivity index is 1.94. The second-order valence-corrected chi connectivity index (χ2v) is 7.04. The maximum atomic E-state index is 13.6. The van der Waals surface area contributed by atoms with Crippen LogP contribution in [0.15, 0.2) is 53.5 Å². The Hall–Kier alpha value is -2.38. The van der Waals surface area contributed by atoms with Gasteiger partial charge in [-0.15, -0.1) is 0 Å². The van der Waals surface area contributed by atoms with Crippen LogP contribution < -0.4 is 0 Å². The van der Waals surface area contributed by atoms with Crippen molar-refractivity contribution in [1.29, 1.82) is 0 Å². The van der Waals surface area contributed by atoms with Crippen molar-refractivity contribution in [3.05, 3.63) is 74.6 Å². The van der Waals surface area contributed by atoms with E-state index in [4.69, 9.17) is 12.2 Å². The number of aromatic hydroxyl groups is 1. The fourth-order valence-corrected chi connectivity index (χ4v) is 3.75. The zero-order chi connectivity index (χ0) is 18.0. The first kappa shape index (κ1) is 17.4. The molecule has 128 valence electrons. The predicted molar refractivity (Wildman–Crippen MR) is 98.7 cm³/mol. The average molecular weight is 376 g/mol. The Labute approximate surface area is 152 Å². The van der Waals surface area contributed by atoms with E-state index in [2.05, 4.69) is 4.99 Å². The molecule has 0 saturated carbocycles. The highest BCUT2D eigenvalue weighted by Crippen LogP contribution is 2.31. The molecule has 0 radical (unpaired) electrons. The molecular weight excluding hydrogens is 362 g/mol. The molecule has 0 aliphatic heterocycles. The van der Waals surface area contributed by atoms with Crippen molar-refractivity contribution in [2.45, 2.75) is 13.0 Å². The molecule has 0 aliphatic rings. The Morgan fingerprint density at radius 3 is 2.60 bits per heavy atom. The van der Waals surface area contributed by atoms with E-state index in [1.165, 1.54) is 23.6 Å². The molecule has 0 spiro atoms. The Bertz CT molecular complexity index is 980. The maximum Gasteiger partial charge on any atom is 0.212 e. The van der Waals surface area contributed by atoms with Gasteiger partial charge in [0.2, 0.25) is 5.88 Å². The van der Waals surface area contributed by atoms with E-state index >= 15 is 0 Å². The van der Waals surface area contributed by atoms with E-state index in [0.29, 0.717) is 8.83 Å². The first-order chi connectivity index (χ1) is 12.0. The van der Waals surface area contributed by atoms with Crippen molar-refractivity contribution < 1.29 is 13.9 Å². The molecule has 7 heteroatoms. The molecule has 0 aliphatic carbocycles. The van der Waals surface area contributed by atoms with Crippen LogP contribution in [0.4, 0.5) is 14.5 Å². The minimum Gasteiger partial charge on any atom is -0.493 e. The topological polar surface area (TPSA) is 37.5 Å². The molecule has 1 N–H and O–H groups in total. The number of benzene rings is 2. The summed E-state index contributed by atoms with van der Waals surface area (Å²) in [6, 6.07) is 12.6. The summed E-state index contributed by atoms with van der Waals surface area (Å²) in [4.78, 5) is 4.40. The quantitative estimate of drug-likeness (QED) is 0.474. The summed E-state index contributed by atoms with van der Waals surface area (Å²) in [6.45, 7) is 1.93. The Kier molecular flexibility index (Phi) is 5.06. The SMILES string of the molecule is C[C@@H](c1ccccc1)n1c(O)c(C=Nc2ccc(F)cc2F)sc1=S. The van der Waals surface area contributed by atoms with Crippen LogP contribution in [-0.4, -0.2) is 15.9 Å². The van der Waals surface area contributed by atoms with Gasteiger partial charge >= 0.3 is 0 Å². The number of nitrogens with zero attached hydrogens (tertiary/aromatic N) is 2. The lowest BCUT2D eigenvalue weighted by molar-refractivity contribution is 0.405. The zero-order valence-electron chi connectivity index (χ0n) is 13.2. The first-order valence-corrected chi connectivity index (χ1v) is 8.68. The lowest BCUT2D eigenvalue weighted by Crippen LogP contribution is -2.06. The van der Waals surface area contributed by atoms with Gasteiger partial charge in [-0.1, -0.05) is 41.7 Å². The largest absolute Gasteiger partial charge is 0.493 e. The van der Waals surface area contributed by atoms with Crippen LogP contribution >= 0.6 is 23.6 Å². The van der Waals surface area contributed by atoms with E-state index in [9.17, 15) is 13.9 Å². The standard InChI is InChI=1S/C18H14F2N2OS2/c1-11(12-5-3-2-4-6-12)22-17(23)16(25-18(22)24)10-21-15-8-7-13(19)9-14(15)20/h2-11,23H,1H3/t11-/m0/s1. The minimum absolute atomic E-state index is 0.0113. The molecule has 0 unspecified atom stereocenters. The van der Waals surface area contributed by atoms with Gasteiger partial charge in [0.05, 0.1) is 17.9 Å². The molecule has 25 heavy (non-hydrogen) atoms. The minimum atomic E-state index is -0.767. The van der Waals surface area contributed by atoms with E-state index < -0.39 is 11.6 Å². The highest BCUT2D eigenvalue weighted by Gasteiger charge is 2.17. The highest BCUT2D eigenvalue weighted by atomic mass is 32.1. The summed E-state index contributed by atoms with van der Waals surface area (Å²) in [7, 11) is 0. The molecule has 0 bridgehead atoms. The molecule has 3 aromatic rings. The van der Waals surface area contributed by atoms with Gasteiger partial charge in [0.1, 0.15) is 10.7 Å². The fraction of sp³-hybridized carbons (Fsp3) is 0.111. The van der Waals surface area contributed by atoms with E-state index in [1.807, 2.05) is 37.3 Å². The van der Waals surface area contributed by atoms with E-state index in [-0.39, 0.29) is 17.6 Å². The number of aromatic nitrogens is 1. The highest BCUT2D eigenvalue weighted by molar-refractivity contribution is 7.73. The fourth-order valence-electron chi connectivity index (χ4n) is 2.41. The number of aliphatic imine (C=N–C) groups is 1. The molecule has 3 rings (SSSR count). The van der Waals surface area contributed by atoms with Gasteiger partial charge in [-0.3, -0.25) is 9.56 Å². The number of hydrogen-bond acceptors (Lipinski definition) is 4. The average Bonchev–Trinajstić information content (AvgIpc) is 2.88. The van der Waals surface area contributed by atoms with Crippen molar-refractivity contribution in [3.8, 4) is 5.88 Å². The van der Waals surface area contributed by atoms with Crippen LogP contribution in [0.25, 0.3) is 0 Å². The molecular formula is C18H14F2N2OS2. The summed E-state index contributed by atoms with van der Waals surface area (Å²) in [5.74, 6) is -1.47. The van der Waals surface area contributed by atoms with Gasteiger partial charge in [-0.05, 0) is 36.8 Å². The van der Waals surface area contributed by atoms with Crippen molar-refractivity contribution in [2.24, 2.45) is 4.99 Å². The number of hydrogen-bond donors (Lipinski definition) is 1. The third-order valence-electron chi connectivity index (χ3n) is 3.74. The molecule has 0 amide bonds. The summed E-state index contributed by atoms with van der Waals surface area (Å²) in [5.41, 5.74) is 0.988. The number of thiazole rings is 1. The number of halogens is 2. The van der Waals surface area contributed by atoms with E-state index in [0.717, 1.165) is 17.7 Å². The lowest BCUT2D eigenvalue weighted by atomic mass is 10.1. The number of rotatable bonds is 4. The zero-order valence-corrected chi connectivity index (χ0v) is 14.8. The third kappa shape index (κ3) is 3.67. The van der Waals surface area contributed by atoms with Crippen LogP contribution in [0.2, 0.25) is 0 Å². The maximum absolute atomic E-state index is 13.6. The van der Waals surface area contributed by atoms with Crippen LogP contribution in [0, 0.1) is 15.6 Å².